The van der Waals surface area contributed by atoms with Crippen LogP contribution in [0.15, 0.2) is 48.5 Å². The number of halogens is 2. The van der Waals surface area contributed by atoms with Gasteiger partial charge in [-0.3, -0.25) is 9.69 Å². The average Bonchev–Trinajstić information content (AvgIpc) is 3.30. The van der Waals surface area contributed by atoms with Crippen molar-refractivity contribution in [2.75, 3.05) is 18.0 Å². The monoisotopic (exact) mass is 441 g/mol. The molecule has 31 heavy (non-hydrogen) atoms. The summed E-state index contributed by atoms with van der Waals surface area (Å²) in [6.07, 6.45) is 0.254. The van der Waals surface area contributed by atoms with Gasteiger partial charge in [0.2, 0.25) is 0 Å². The molecule has 0 bridgehead atoms. The molecular formula is C23H21F2N3O2S. The number of anilines is 1. The number of nitrogens with zero attached hydrogens (tertiary/aromatic N) is 3. The van der Waals surface area contributed by atoms with Crippen molar-refractivity contribution in [2.45, 2.75) is 26.3 Å². The van der Waals surface area contributed by atoms with Crippen LogP contribution in [-0.2, 0) is 13.0 Å². The van der Waals surface area contributed by atoms with E-state index < -0.39 is 11.6 Å². The van der Waals surface area contributed by atoms with Crippen LogP contribution in [-0.4, -0.2) is 34.8 Å². The van der Waals surface area contributed by atoms with Gasteiger partial charge < -0.3 is 4.90 Å². The number of thiazole rings is 1. The van der Waals surface area contributed by atoms with Crippen LogP contribution in [0.25, 0.3) is 0 Å². The highest BCUT2D eigenvalue weighted by molar-refractivity contribution is 7.17. The first-order valence-corrected chi connectivity index (χ1v) is 10.8. The molecule has 4 rings (SSSR count). The van der Waals surface area contributed by atoms with Crippen molar-refractivity contribution >= 4 is 28.3 Å². The summed E-state index contributed by atoms with van der Waals surface area (Å²) >= 11 is 1.18. The number of amides is 2. The summed E-state index contributed by atoms with van der Waals surface area (Å²) in [5.41, 5.74) is 1.90. The Morgan fingerprint density at radius 1 is 1.13 bits per heavy atom. The fourth-order valence-corrected chi connectivity index (χ4v) is 4.61. The Kier molecular flexibility index (Phi) is 6.08. The summed E-state index contributed by atoms with van der Waals surface area (Å²) < 4.78 is 26.9. The molecule has 3 aromatic rings. The summed E-state index contributed by atoms with van der Waals surface area (Å²) in [5, 5.41) is 0.495. The Balaban J connectivity index is 1.42. The summed E-state index contributed by atoms with van der Waals surface area (Å²) in [7, 11) is 0. The fraction of sp³-hybridized carbons (Fsp3) is 0.261. The highest BCUT2D eigenvalue weighted by Crippen LogP contribution is 2.30. The molecule has 0 spiro atoms. The van der Waals surface area contributed by atoms with E-state index in [1.54, 1.807) is 16.7 Å². The van der Waals surface area contributed by atoms with Gasteiger partial charge in [0.15, 0.2) is 10.9 Å². The normalized spacial score (nSPS) is 13.8. The summed E-state index contributed by atoms with van der Waals surface area (Å²) in [5.74, 6) is -1.47. The van der Waals surface area contributed by atoms with Gasteiger partial charge in [-0.05, 0) is 30.5 Å². The number of urea groups is 1. The first-order chi connectivity index (χ1) is 14.9. The predicted molar refractivity (Wildman–Crippen MR) is 115 cm³/mol. The Morgan fingerprint density at radius 2 is 1.90 bits per heavy atom. The van der Waals surface area contributed by atoms with E-state index in [0.717, 1.165) is 11.6 Å². The number of hydrogen-bond donors (Lipinski definition) is 0. The first kappa shape index (κ1) is 21.1. The van der Waals surface area contributed by atoms with E-state index in [-0.39, 0.29) is 24.7 Å². The summed E-state index contributed by atoms with van der Waals surface area (Å²) in [4.78, 5) is 33.8. The van der Waals surface area contributed by atoms with Gasteiger partial charge in [-0.15, -0.1) is 0 Å². The van der Waals surface area contributed by atoms with Crippen molar-refractivity contribution in [3.63, 3.8) is 0 Å². The molecule has 0 N–H and O–H groups in total. The molecule has 0 radical (unpaired) electrons. The number of carbonyl (C=O) groups is 2. The standard InChI is InChI=1S/C23H21F2N3O2S/c1-15-21(20(29)10-8-17-7-9-18(24)13-19(17)25)31-22(26-15)28-12-11-27(23(28)30)14-16-5-3-2-4-6-16/h2-7,9,13H,8,10-12,14H2,1H3. The van der Waals surface area contributed by atoms with Crippen LogP contribution in [0, 0.1) is 18.6 Å². The maximum atomic E-state index is 13.8. The molecule has 0 aliphatic carbocycles. The number of Topliss-reactive ketones (excluding diaryl/α,β-unsaturated/α-hetero) is 1. The van der Waals surface area contributed by atoms with Gasteiger partial charge in [0, 0.05) is 32.1 Å². The number of rotatable bonds is 7. The molecule has 2 aromatic carbocycles. The minimum absolute atomic E-state index is 0.0824. The van der Waals surface area contributed by atoms with Gasteiger partial charge in [-0.1, -0.05) is 47.7 Å². The van der Waals surface area contributed by atoms with Crippen molar-refractivity contribution in [1.29, 1.82) is 0 Å². The number of ketones is 1. The minimum Gasteiger partial charge on any atom is -0.318 e. The largest absolute Gasteiger partial charge is 0.326 e. The molecule has 2 amide bonds. The molecule has 5 nitrogen and oxygen atoms in total. The minimum atomic E-state index is -0.657. The quantitative estimate of drug-likeness (QED) is 0.486. The third kappa shape index (κ3) is 4.64. The zero-order chi connectivity index (χ0) is 22.0. The Hall–Kier alpha value is -3.13. The molecule has 8 heteroatoms. The van der Waals surface area contributed by atoms with Crippen LogP contribution in [0.2, 0.25) is 0 Å². The van der Waals surface area contributed by atoms with E-state index in [2.05, 4.69) is 4.98 Å². The molecule has 1 aromatic heterocycles. The Morgan fingerprint density at radius 3 is 2.65 bits per heavy atom. The lowest BCUT2D eigenvalue weighted by molar-refractivity contribution is 0.0985. The zero-order valence-corrected chi connectivity index (χ0v) is 17.8. The zero-order valence-electron chi connectivity index (χ0n) is 17.0. The maximum Gasteiger partial charge on any atom is 0.326 e. The van der Waals surface area contributed by atoms with Crippen molar-refractivity contribution in [2.24, 2.45) is 0 Å². The second-order valence-electron chi connectivity index (χ2n) is 7.41. The van der Waals surface area contributed by atoms with E-state index in [1.165, 1.54) is 23.5 Å². The van der Waals surface area contributed by atoms with E-state index >= 15 is 0 Å². The summed E-state index contributed by atoms with van der Waals surface area (Å²) in [6.45, 7) is 3.34. The number of carbonyl (C=O) groups excluding carboxylic acids is 2. The maximum absolute atomic E-state index is 13.8. The van der Waals surface area contributed by atoms with Crippen molar-refractivity contribution < 1.29 is 18.4 Å². The highest BCUT2D eigenvalue weighted by atomic mass is 32.1. The Labute approximate surface area is 182 Å². The number of aryl methyl sites for hydroxylation is 2. The van der Waals surface area contributed by atoms with Gasteiger partial charge >= 0.3 is 6.03 Å². The van der Waals surface area contributed by atoms with E-state index in [9.17, 15) is 18.4 Å². The molecule has 1 fully saturated rings. The number of benzene rings is 2. The smallest absolute Gasteiger partial charge is 0.318 e. The van der Waals surface area contributed by atoms with Gasteiger partial charge in [0.25, 0.3) is 0 Å². The van der Waals surface area contributed by atoms with Crippen molar-refractivity contribution in [3.8, 4) is 0 Å². The number of aromatic nitrogens is 1. The van der Waals surface area contributed by atoms with Crippen LogP contribution in [0.1, 0.15) is 32.9 Å². The fourth-order valence-electron chi connectivity index (χ4n) is 3.55. The van der Waals surface area contributed by atoms with Gasteiger partial charge in [-0.2, -0.15) is 0 Å². The molecule has 1 aliphatic rings. The molecule has 0 saturated carbocycles. The Bertz CT molecular complexity index is 1120. The third-order valence-corrected chi connectivity index (χ3v) is 6.44. The van der Waals surface area contributed by atoms with E-state index in [0.29, 0.717) is 40.9 Å². The number of hydrogen-bond acceptors (Lipinski definition) is 4. The van der Waals surface area contributed by atoms with Crippen molar-refractivity contribution in [3.05, 3.63) is 81.9 Å². The van der Waals surface area contributed by atoms with Crippen LogP contribution in [0.4, 0.5) is 18.7 Å². The van der Waals surface area contributed by atoms with Crippen LogP contribution < -0.4 is 4.90 Å². The lowest BCUT2D eigenvalue weighted by Gasteiger charge is -2.16. The van der Waals surface area contributed by atoms with Crippen molar-refractivity contribution in [1.82, 2.24) is 9.88 Å². The first-order valence-electron chi connectivity index (χ1n) is 9.97. The van der Waals surface area contributed by atoms with Gasteiger partial charge in [-0.25, -0.2) is 18.6 Å². The van der Waals surface area contributed by atoms with Crippen LogP contribution in [0.3, 0.4) is 0 Å². The molecule has 1 saturated heterocycles. The van der Waals surface area contributed by atoms with Gasteiger partial charge in [0.1, 0.15) is 11.6 Å². The second-order valence-corrected chi connectivity index (χ2v) is 8.39. The second kappa shape index (κ2) is 8.93. The lowest BCUT2D eigenvalue weighted by atomic mass is 10.1. The molecule has 1 aliphatic heterocycles. The van der Waals surface area contributed by atoms with Crippen LogP contribution >= 0.6 is 11.3 Å². The van der Waals surface area contributed by atoms with Gasteiger partial charge in [0.05, 0.1) is 10.6 Å². The average molecular weight is 442 g/mol. The summed E-state index contributed by atoms with van der Waals surface area (Å²) in [6, 6.07) is 13.0. The lowest BCUT2D eigenvalue weighted by Crippen LogP contribution is -2.31. The van der Waals surface area contributed by atoms with Crippen LogP contribution in [0.5, 0.6) is 0 Å². The van der Waals surface area contributed by atoms with E-state index in [4.69, 9.17) is 0 Å². The SMILES string of the molecule is Cc1nc(N2CCN(Cc3ccccc3)C2=O)sc1C(=O)CCc1ccc(F)cc1F. The predicted octanol–water partition coefficient (Wildman–Crippen LogP) is 4.99. The molecule has 0 unspecified atom stereocenters. The van der Waals surface area contributed by atoms with E-state index in [1.807, 2.05) is 30.3 Å². The molecule has 0 atom stereocenters. The third-order valence-electron chi connectivity index (χ3n) is 5.22. The topological polar surface area (TPSA) is 53.5 Å². The highest BCUT2D eigenvalue weighted by Gasteiger charge is 2.32. The molecule has 2 heterocycles. The molecular weight excluding hydrogens is 420 g/mol. The molecule has 160 valence electrons.